The predicted molar refractivity (Wildman–Crippen MR) is 88.7 cm³/mol. The number of likely N-dealkylation sites (tertiary alicyclic amines) is 1. The molecule has 0 aromatic carbocycles. The molecule has 1 N–H and O–H groups in total. The van der Waals surface area contributed by atoms with Gasteiger partial charge in [-0.05, 0) is 19.8 Å². The third-order valence-electron chi connectivity index (χ3n) is 4.09. The molecule has 1 aliphatic heterocycles. The zero-order valence-corrected chi connectivity index (χ0v) is 14.5. The van der Waals surface area contributed by atoms with Crippen LogP contribution in [0.5, 0.6) is 0 Å². The summed E-state index contributed by atoms with van der Waals surface area (Å²) < 4.78 is 1.73. The fourth-order valence-corrected chi connectivity index (χ4v) is 3.55. The number of carbonyl (C=O) groups excluding carboxylic acids is 2. The number of imidazole rings is 1. The summed E-state index contributed by atoms with van der Waals surface area (Å²) in [7, 11) is 1.81. The second kappa shape index (κ2) is 7.16. The Bertz CT molecular complexity index is 740. The van der Waals surface area contributed by atoms with E-state index in [2.05, 4.69) is 20.2 Å². The highest BCUT2D eigenvalue weighted by Crippen LogP contribution is 2.22. The SMILES string of the molecule is Cc1nc(SCC(=O)N2CCC[C@H](C(=O)c3nccn3C)C2)n[nH]1. The average molecular weight is 348 g/mol. The fraction of sp³-hybridized carbons (Fsp3) is 0.533. The number of amides is 1. The Kier molecular flexibility index (Phi) is 4.98. The lowest BCUT2D eigenvalue weighted by Crippen LogP contribution is -2.43. The number of rotatable bonds is 5. The van der Waals surface area contributed by atoms with Gasteiger partial charge in [0.2, 0.25) is 16.8 Å². The van der Waals surface area contributed by atoms with Gasteiger partial charge in [0.1, 0.15) is 5.82 Å². The van der Waals surface area contributed by atoms with Gasteiger partial charge in [-0.3, -0.25) is 14.7 Å². The molecule has 2 aromatic heterocycles. The number of Topliss-reactive ketones (excluding diaryl/α,β-unsaturated/α-hetero) is 1. The summed E-state index contributed by atoms with van der Waals surface area (Å²) in [6.07, 6.45) is 5.00. The molecular formula is C15H20N6O2S. The van der Waals surface area contributed by atoms with Crippen LogP contribution in [0.2, 0.25) is 0 Å². The van der Waals surface area contributed by atoms with Gasteiger partial charge in [-0.15, -0.1) is 5.10 Å². The van der Waals surface area contributed by atoms with Gasteiger partial charge in [-0.25, -0.2) is 9.97 Å². The highest BCUT2D eigenvalue weighted by atomic mass is 32.2. The molecule has 8 nitrogen and oxygen atoms in total. The molecular weight excluding hydrogens is 328 g/mol. The Morgan fingerprint density at radius 3 is 2.96 bits per heavy atom. The topological polar surface area (TPSA) is 96.8 Å². The van der Waals surface area contributed by atoms with E-state index in [9.17, 15) is 9.59 Å². The van der Waals surface area contributed by atoms with Crippen LogP contribution in [-0.4, -0.2) is 60.2 Å². The maximum Gasteiger partial charge on any atom is 0.233 e. The summed E-state index contributed by atoms with van der Waals surface area (Å²) in [5.41, 5.74) is 0. The molecule has 1 saturated heterocycles. The molecule has 0 radical (unpaired) electrons. The van der Waals surface area contributed by atoms with Crippen molar-refractivity contribution in [1.29, 1.82) is 0 Å². The smallest absolute Gasteiger partial charge is 0.233 e. The summed E-state index contributed by atoms with van der Waals surface area (Å²) in [5.74, 6) is 1.31. The molecule has 0 bridgehead atoms. The molecule has 0 spiro atoms. The second-order valence-electron chi connectivity index (χ2n) is 5.90. The molecule has 1 aliphatic rings. The van der Waals surface area contributed by atoms with Gasteiger partial charge in [-0.1, -0.05) is 11.8 Å². The number of nitrogens with one attached hydrogen (secondary N) is 1. The van der Waals surface area contributed by atoms with Gasteiger partial charge in [-0.2, -0.15) is 0 Å². The van der Waals surface area contributed by atoms with Gasteiger partial charge in [0.05, 0.1) is 5.75 Å². The summed E-state index contributed by atoms with van der Waals surface area (Å²) in [4.78, 5) is 35.1. The van der Waals surface area contributed by atoms with Crippen molar-refractivity contribution in [2.75, 3.05) is 18.8 Å². The number of hydrogen-bond acceptors (Lipinski definition) is 6. The summed E-state index contributed by atoms with van der Waals surface area (Å²) in [6, 6.07) is 0. The molecule has 0 aliphatic carbocycles. The van der Waals surface area contributed by atoms with E-state index in [0.29, 0.717) is 24.1 Å². The van der Waals surface area contributed by atoms with Crippen molar-refractivity contribution in [3.8, 4) is 0 Å². The van der Waals surface area contributed by atoms with Gasteiger partial charge >= 0.3 is 0 Å². The van der Waals surface area contributed by atoms with Gasteiger partial charge in [0.25, 0.3) is 0 Å². The lowest BCUT2D eigenvalue weighted by Gasteiger charge is -2.31. The number of H-pyrrole nitrogens is 1. The third kappa shape index (κ3) is 3.66. The van der Waals surface area contributed by atoms with Crippen LogP contribution < -0.4 is 0 Å². The van der Waals surface area contributed by atoms with E-state index < -0.39 is 0 Å². The Hall–Kier alpha value is -2.16. The Balaban J connectivity index is 1.57. The van der Waals surface area contributed by atoms with Crippen LogP contribution >= 0.6 is 11.8 Å². The van der Waals surface area contributed by atoms with Crippen molar-refractivity contribution >= 4 is 23.5 Å². The van der Waals surface area contributed by atoms with Gasteiger partial charge in [0, 0.05) is 38.4 Å². The normalized spacial score (nSPS) is 17.9. The summed E-state index contributed by atoms with van der Waals surface area (Å²) in [6.45, 7) is 2.96. The Labute approximate surface area is 144 Å². The lowest BCUT2D eigenvalue weighted by atomic mass is 9.93. The van der Waals surface area contributed by atoms with Gasteiger partial charge < -0.3 is 9.47 Å². The molecule has 3 heterocycles. The number of aryl methyl sites for hydroxylation is 2. The molecule has 128 valence electrons. The zero-order chi connectivity index (χ0) is 17.1. The van der Waals surface area contributed by atoms with Crippen LogP contribution in [0.3, 0.4) is 0 Å². The fourth-order valence-electron chi connectivity index (χ4n) is 2.81. The average Bonchev–Trinajstić information content (AvgIpc) is 3.20. The monoisotopic (exact) mass is 348 g/mol. The van der Waals surface area contributed by atoms with Crippen LogP contribution in [0, 0.1) is 12.8 Å². The maximum atomic E-state index is 12.6. The van der Waals surface area contributed by atoms with E-state index in [0.717, 1.165) is 18.7 Å². The largest absolute Gasteiger partial charge is 0.341 e. The van der Waals surface area contributed by atoms with Gasteiger partial charge in [0.15, 0.2) is 5.82 Å². The van der Waals surface area contributed by atoms with Crippen LogP contribution in [0.15, 0.2) is 17.6 Å². The number of aromatic nitrogens is 5. The van der Waals surface area contributed by atoms with E-state index in [1.165, 1.54) is 11.8 Å². The van der Waals surface area contributed by atoms with Crippen LogP contribution in [0.25, 0.3) is 0 Å². The first-order chi connectivity index (χ1) is 11.5. The van der Waals surface area contributed by atoms with E-state index in [4.69, 9.17) is 0 Å². The Morgan fingerprint density at radius 2 is 2.29 bits per heavy atom. The molecule has 24 heavy (non-hydrogen) atoms. The third-order valence-corrected chi connectivity index (χ3v) is 4.92. The van der Waals surface area contributed by atoms with Crippen molar-refractivity contribution < 1.29 is 9.59 Å². The van der Waals surface area contributed by atoms with E-state index >= 15 is 0 Å². The standard InChI is InChI=1S/C15H20N6O2S/c1-10-17-15(19-18-10)24-9-12(22)21-6-3-4-11(8-21)13(23)14-16-5-7-20(14)2/h5,7,11H,3-4,6,8-9H2,1-2H3,(H,17,18,19)/t11-/m0/s1. The highest BCUT2D eigenvalue weighted by molar-refractivity contribution is 7.99. The number of ketones is 1. The molecule has 1 fully saturated rings. The number of aromatic amines is 1. The number of carbonyl (C=O) groups is 2. The molecule has 1 atom stereocenters. The first kappa shape index (κ1) is 16.7. The molecule has 0 unspecified atom stereocenters. The minimum atomic E-state index is -0.181. The van der Waals surface area contributed by atoms with E-state index in [-0.39, 0.29) is 23.4 Å². The number of nitrogens with zero attached hydrogens (tertiary/aromatic N) is 5. The van der Waals surface area contributed by atoms with Crippen LogP contribution in [0.1, 0.15) is 29.3 Å². The second-order valence-corrected chi connectivity index (χ2v) is 6.84. The number of piperidine rings is 1. The number of hydrogen-bond donors (Lipinski definition) is 1. The van der Waals surface area contributed by atoms with Crippen molar-refractivity contribution in [1.82, 2.24) is 29.6 Å². The predicted octanol–water partition coefficient (Wildman–Crippen LogP) is 1.06. The van der Waals surface area contributed by atoms with Crippen LogP contribution in [0.4, 0.5) is 0 Å². The molecule has 2 aromatic rings. The quantitative estimate of drug-likeness (QED) is 0.641. The van der Waals surface area contributed by atoms with Crippen molar-refractivity contribution in [2.24, 2.45) is 13.0 Å². The Morgan fingerprint density at radius 1 is 1.46 bits per heavy atom. The van der Waals surface area contributed by atoms with E-state index in [1.54, 1.807) is 21.9 Å². The molecule has 1 amide bonds. The minimum Gasteiger partial charge on any atom is -0.341 e. The molecule has 9 heteroatoms. The first-order valence-electron chi connectivity index (χ1n) is 7.85. The zero-order valence-electron chi connectivity index (χ0n) is 13.7. The summed E-state index contributed by atoms with van der Waals surface area (Å²) in [5, 5.41) is 7.33. The first-order valence-corrected chi connectivity index (χ1v) is 8.84. The van der Waals surface area contributed by atoms with Crippen molar-refractivity contribution in [3.05, 3.63) is 24.0 Å². The van der Waals surface area contributed by atoms with Crippen LogP contribution in [-0.2, 0) is 11.8 Å². The maximum absolute atomic E-state index is 12.6. The highest BCUT2D eigenvalue weighted by Gasteiger charge is 2.30. The molecule has 3 rings (SSSR count). The lowest BCUT2D eigenvalue weighted by molar-refractivity contribution is -0.129. The molecule has 0 saturated carbocycles. The summed E-state index contributed by atoms with van der Waals surface area (Å²) >= 11 is 1.31. The van der Waals surface area contributed by atoms with Crippen molar-refractivity contribution in [2.45, 2.75) is 24.9 Å². The number of thioether (sulfide) groups is 1. The van der Waals surface area contributed by atoms with E-state index in [1.807, 2.05) is 14.0 Å². The minimum absolute atomic E-state index is 0.0113. The van der Waals surface area contributed by atoms with Crippen molar-refractivity contribution in [3.63, 3.8) is 0 Å².